The molecule has 2 unspecified atom stereocenters. The molecule has 0 heterocycles. The van der Waals surface area contributed by atoms with Crippen molar-refractivity contribution in [2.75, 3.05) is 13.2 Å². The summed E-state index contributed by atoms with van der Waals surface area (Å²) in [4.78, 5) is 0. The van der Waals surface area contributed by atoms with E-state index in [0.717, 1.165) is 36.9 Å². The molecule has 2 nitrogen and oxygen atoms in total. The highest BCUT2D eigenvalue weighted by atomic mass is 16.5. The van der Waals surface area contributed by atoms with Crippen molar-refractivity contribution in [1.29, 1.82) is 0 Å². The number of hydrogen-bond acceptors (Lipinski definition) is 2. The van der Waals surface area contributed by atoms with Gasteiger partial charge >= 0.3 is 0 Å². The van der Waals surface area contributed by atoms with E-state index in [1.165, 1.54) is 205 Å². The van der Waals surface area contributed by atoms with Crippen LogP contribution >= 0.6 is 0 Å². The molecule has 5 rings (SSSR count). The van der Waals surface area contributed by atoms with E-state index < -0.39 is 0 Å². The Morgan fingerprint density at radius 3 is 1.08 bits per heavy atom. The van der Waals surface area contributed by atoms with Crippen LogP contribution in [0.3, 0.4) is 0 Å². The molecule has 0 radical (unpaired) electrons. The van der Waals surface area contributed by atoms with Gasteiger partial charge in [-0.3, -0.25) is 0 Å². The fourth-order valence-corrected chi connectivity index (χ4v) is 10.8. The van der Waals surface area contributed by atoms with Crippen molar-refractivity contribution >= 4 is 0 Å². The third-order valence-corrected chi connectivity index (χ3v) is 14.6. The first-order valence-electron chi connectivity index (χ1n) is 23.9. The lowest BCUT2D eigenvalue weighted by atomic mass is 9.76. The molecule has 2 atom stereocenters. The van der Waals surface area contributed by atoms with Gasteiger partial charge in [-0.15, -0.1) is 0 Å². The van der Waals surface area contributed by atoms with Crippen LogP contribution in [0.15, 0.2) is 0 Å². The lowest BCUT2D eigenvalue weighted by Gasteiger charge is -2.31. The number of unbranched alkanes of at least 4 members (excludes halogenated alkanes) is 6. The van der Waals surface area contributed by atoms with E-state index in [9.17, 15) is 0 Å². The third-order valence-electron chi connectivity index (χ3n) is 14.6. The summed E-state index contributed by atoms with van der Waals surface area (Å²) in [6.07, 6.45) is 44.7. The summed E-state index contributed by atoms with van der Waals surface area (Å²) in [5.41, 5.74) is 0. The summed E-state index contributed by atoms with van der Waals surface area (Å²) in [5.74, 6) is 21.6. The molecular formula is C50H84O2. The third kappa shape index (κ3) is 16.4. The largest absolute Gasteiger partial charge is 0.378 e. The first-order valence-corrected chi connectivity index (χ1v) is 23.9. The van der Waals surface area contributed by atoms with E-state index in [4.69, 9.17) is 9.47 Å². The zero-order valence-corrected chi connectivity index (χ0v) is 34.6. The van der Waals surface area contributed by atoms with Gasteiger partial charge in [-0.1, -0.05) is 108 Å². The fourth-order valence-electron chi connectivity index (χ4n) is 10.8. The minimum atomic E-state index is 0.560. The topological polar surface area (TPSA) is 18.5 Å². The molecular weight excluding hydrogens is 633 g/mol. The van der Waals surface area contributed by atoms with Crippen molar-refractivity contribution in [2.24, 2.45) is 47.3 Å². The summed E-state index contributed by atoms with van der Waals surface area (Å²) < 4.78 is 12.4. The molecule has 52 heavy (non-hydrogen) atoms. The van der Waals surface area contributed by atoms with E-state index >= 15 is 0 Å². The summed E-state index contributed by atoms with van der Waals surface area (Å²) in [7, 11) is 0. The second kappa shape index (κ2) is 25.2. The highest BCUT2D eigenvalue weighted by Crippen LogP contribution is 2.38. The van der Waals surface area contributed by atoms with Crippen molar-refractivity contribution in [1.82, 2.24) is 0 Å². The van der Waals surface area contributed by atoms with Gasteiger partial charge in [0.25, 0.3) is 0 Å². The van der Waals surface area contributed by atoms with Crippen molar-refractivity contribution in [3.8, 4) is 23.7 Å². The molecule has 5 saturated carbocycles. The van der Waals surface area contributed by atoms with Crippen LogP contribution in [-0.2, 0) is 9.47 Å². The van der Waals surface area contributed by atoms with Gasteiger partial charge in [-0.2, -0.15) is 0 Å². The second-order valence-corrected chi connectivity index (χ2v) is 18.9. The second-order valence-electron chi connectivity index (χ2n) is 18.9. The Hall–Kier alpha value is -0.960. The van der Waals surface area contributed by atoms with E-state index in [-0.39, 0.29) is 0 Å². The standard InChI is InChI=1S/C50H84O2/c1-3-5-7-9-38-51-49-34-30-45(31-35-49)24-22-41-14-18-43(19-15-41)26-28-47-12-11-13-48(40-47)29-27-44-20-16-42(17-21-44)23-25-46-32-36-50(37-33-46)52-39-10-8-6-4-2/h41-50H,3-25,30-40H2,1-2H3. The van der Waals surface area contributed by atoms with Crippen LogP contribution in [0, 0.1) is 71.0 Å². The zero-order chi connectivity index (χ0) is 36.1. The van der Waals surface area contributed by atoms with Gasteiger partial charge in [-0.25, -0.2) is 0 Å². The molecule has 2 heteroatoms. The smallest absolute Gasteiger partial charge is 0.0575 e. The average molecular weight is 717 g/mol. The minimum absolute atomic E-state index is 0.560. The predicted octanol–water partition coefficient (Wildman–Crippen LogP) is 14.3. The minimum Gasteiger partial charge on any atom is -0.378 e. The van der Waals surface area contributed by atoms with Gasteiger partial charge in [0, 0.05) is 36.9 Å². The highest BCUT2D eigenvalue weighted by molar-refractivity contribution is 5.14. The Kier molecular flexibility index (Phi) is 20.5. The summed E-state index contributed by atoms with van der Waals surface area (Å²) in [6.45, 7) is 6.56. The summed E-state index contributed by atoms with van der Waals surface area (Å²) >= 11 is 0. The van der Waals surface area contributed by atoms with Crippen LogP contribution in [0.1, 0.15) is 219 Å². The molecule has 0 amide bonds. The van der Waals surface area contributed by atoms with E-state index in [1.807, 2.05) is 0 Å². The predicted molar refractivity (Wildman–Crippen MR) is 222 cm³/mol. The molecule has 0 spiro atoms. The Bertz CT molecular complexity index is 944. The number of hydrogen-bond donors (Lipinski definition) is 0. The molecule has 5 aliphatic carbocycles. The molecule has 0 bridgehead atoms. The van der Waals surface area contributed by atoms with Crippen LogP contribution in [-0.4, -0.2) is 25.4 Å². The van der Waals surface area contributed by atoms with Gasteiger partial charge in [0.1, 0.15) is 0 Å². The summed E-state index contributed by atoms with van der Waals surface area (Å²) in [5, 5.41) is 0. The molecule has 0 aromatic carbocycles. The summed E-state index contributed by atoms with van der Waals surface area (Å²) in [6, 6.07) is 0. The maximum absolute atomic E-state index is 6.21. The molecule has 0 aliphatic heterocycles. The van der Waals surface area contributed by atoms with E-state index in [0.29, 0.717) is 35.9 Å². The molecule has 296 valence electrons. The Morgan fingerprint density at radius 1 is 0.365 bits per heavy atom. The van der Waals surface area contributed by atoms with Gasteiger partial charge < -0.3 is 9.47 Å². The van der Waals surface area contributed by atoms with Crippen LogP contribution in [0.25, 0.3) is 0 Å². The highest BCUT2D eigenvalue weighted by Gasteiger charge is 2.27. The number of ether oxygens (including phenoxy) is 2. The molecule has 0 N–H and O–H groups in total. The van der Waals surface area contributed by atoms with Crippen molar-refractivity contribution in [3.05, 3.63) is 0 Å². The lowest BCUT2D eigenvalue weighted by Crippen LogP contribution is -2.23. The number of rotatable bonds is 18. The Labute approximate surface area is 324 Å². The Morgan fingerprint density at radius 2 is 0.712 bits per heavy atom. The van der Waals surface area contributed by atoms with Crippen LogP contribution < -0.4 is 0 Å². The molecule has 0 aromatic heterocycles. The van der Waals surface area contributed by atoms with Crippen molar-refractivity contribution < 1.29 is 9.47 Å². The van der Waals surface area contributed by atoms with Gasteiger partial charge in [0.2, 0.25) is 0 Å². The molecule has 0 saturated heterocycles. The van der Waals surface area contributed by atoms with Gasteiger partial charge in [-0.05, 0) is 159 Å². The molecule has 5 aliphatic rings. The average Bonchev–Trinajstić information content (AvgIpc) is 3.19. The maximum Gasteiger partial charge on any atom is 0.0575 e. The van der Waals surface area contributed by atoms with Crippen LogP contribution in [0.2, 0.25) is 0 Å². The first kappa shape index (κ1) is 42.2. The molecule has 5 fully saturated rings. The van der Waals surface area contributed by atoms with Crippen molar-refractivity contribution in [2.45, 2.75) is 232 Å². The SMILES string of the molecule is CCCCCCOC1CCC(CCC2CCC(C#CC3CCCC(C#CC4CCC(CCC5CCC(OCCCCCC)CC5)CC4)C3)CC2)CC1. The zero-order valence-electron chi connectivity index (χ0n) is 34.6. The Balaban J connectivity index is 0.881. The normalized spacial score (nSPS) is 34.1. The van der Waals surface area contributed by atoms with E-state index in [2.05, 4.69) is 37.5 Å². The van der Waals surface area contributed by atoms with Gasteiger partial charge in [0.05, 0.1) is 12.2 Å². The van der Waals surface area contributed by atoms with Crippen LogP contribution in [0.4, 0.5) is 0 Å². The van der Waals surface area contributed by atoms with E-state index in [1.54, 1.807) is 0 Å². The molecule has 0 aromatic rings. The van der Waals surface area contributed by atoms with Crippen LogP contribution in [0.5, 0.6) is 0 Å². The quantitative estimate of drug-likeness (QED) is 0.104. The maximum atomic E-state index is 6.21. The van der Waals surface area contributed by atoms with Crippen molar-refractivity contribution in [3.63, 3.8) is 0 Å². The fraction of sp³-hybridized carbons (Fsp3) is 0.920. The lowest BCUT2D eigenvalue weighted by molar-refractivity contribution is 0.0144. The van der Waals surface area contributed by atoms with Gasteiger partial charge in [0.15, 0.2) is 0 Å². The first-order chi connectivity index (χ1) is 25.7. The monoisotopic (exact) mass is 717 g/mol.